The van der Waals surface area contributed by atoms with Crippen LogP contribution in [0.15, 0.2) is 24.3 Å². The molecule has 2 nitrogen and oxygen atoms in total. The summed E-state index contributed by atoms with van der Waals surface area (Å²) in [6.45, 7) is 0.0247. The summed E-state index contributed by atoms with van der Waals surface area (Å²) >= 11 is 1.96. The summed E-state index contributed by atoms with van der Waals surface area (Å²) < 4.78 is 0. The van der Waals surface area contributed by atoms with Gasteiger partial charge in [-0.2, -0.15) is 11.8 Å². The first-order chi connectivity index (χ1) is 6.83. The Hall–Kier alpha value is -0.510. The molecule has 0 saturated carbocycles. The zero-order valence-electron chi connectivity index (χ0n) is 8.02. The molecule has 1 unspecified atom stereocenters. The molecular formula is C11H15NOS. The Labute approximate surface area is 88.5 Å². The van der Waals surface area contributed by atoms with Gasteiger partial charge in [0.05, 0.1) is 12.6 Å². The van der Waals surface area contributed by atoms with Crippen molar-refractivity contribution in [3.8, 4) is 0 Å². The molecule has 1 fully saturated rings. The van der Waals surface area contributed by atoms with Gasteiger partial charge in [0.15, 0.2) is 0 Å². The lowest BCUT2D eigenvalue weighted by atomic mass is 9.93. The van der Waals surface area contributed by atoms with Gasteiger partial charge in [0.2, 0.25) is 0 Å². The molecule has 1 aliphatic heterocycles. The van der Waals surface area contributed by atoms with Crippen molar-refractivity contribution in [1.82, 2.24) is 0 Å². The molecule has 1 saturated heterocycles. The summed E-state index contributed by atoms with van der Waals surface area (Å²) in [7, 11) is 0. The average molecular weight is 209 g/mol. The summed E-state index contributed by atoms with van der Waals surface area (Å²) in [6.07, 6.45) is 0. The van der Waals surface area contributed by atoms with Crippen molar-refractivity contribution in [3.63, 3.8) is 0 Å². The fourth-order valence-electron chi connectivity index (χ4n) is 1.73. The minimum absolute atomic E-state index is 0.0247. The standard InChI is InChI=1S/C11H15NOS/c12-11(5-13)10-4-2-1-3-9(10)8-6-14-7-8/h1-4,8,11,13H,5-7,12H2. The Bertz CT molecular complexity index is 288. The maximum absolute atomic E-state index is 9.05. The van der Waals surface area contributed by atoms with Gasteiger partial charge in [-0.25, -0.2) is 0 Å². The molecule has 1 aromatic carbocycles. The van der Waals surface area contributed by atoms with E-state index < -0.39 is 0 Å². The van der Waals surface area contributed by atoms with Crippen molar-refractivity contribution < 1.29 is 5.11 Å². The van der Waals surface area contributed by atoms with E-state index in [4.69, 9.17) is 10.8 Å². The highest BCUT2D eigenvalue weighted by Crippen LogP contribution is 2.36. The van der Waals surface area contributed by atoms with Crippen molar-refractivity contribution in [1.29, 1.82) is 0 Å². The molecule has 1 atom stereocenters. The van der Waals surface area contributed by atoms with Gasteiger partial charge in [-0.3, -0.25) is 0 Å². The minimum Gasteiger partial charge on any atom is -0.394 e. The Morgan fingerprint density at radius 2 is 2.14 bits per heavy atom. The van der Waals surface area contributed by atoms with Crippen LogP contribution in [-0.4, -0.2) is 23.2 Å². The molecule has 0 aromatic heterocycles. The van der Waals surface area contributed by atoms with Crippen LogP contribution in [0.5, 0.6) is 0 Å². The highest BCUT2D eigenvalue weighted by molar-refractivity contribution is 8.00. The van der Waals surface area contributed by atoms with Gasteiger partial charge in [-0.15, -0.1) is 0 Å². The minimum atomic E-state index is -0.225. The molecule has 1 aromatic rings. The van der Waals surface area contributed by atoms with E-state index in [-0.39, 0.29) is 12.6 Å². The molecule has 2 rings (SSSR count). The van der Waals surface area contributed by atoms with Gasteiger partial charge in [0, 0.05) is 17.4 Å². The normalized spacial score (nSPS) is 19.0. The van der Waals surface area contributed by atoms with Crippen LogP contribution < -0.4 is 5.73 Å². The molecule has 0 spiro atoms. The molecule has 76 valence electrons. The Balaban J connectivity index is 2.27. The molecule has 3 N–H and O–H groups in total. The van der Waals surface area contributed by atoms with E-state index in [1.165, 1.54) is 17.1 Å². The van der Waals surface area contributed by atoms with Crippen LogP contribution in [0, 0.1) is 0 Å². The fourth-order valence-corrected chi connectivity index (χ4v) is 2.56. The predicted molar refractivity (Wildman–Crippen MR) is 60.5 cm³/mol. The Kier molecular flexibility index (Phi) is 3.11. The van der Waals surface area contributed by atoms with Gasteiger partial charge in [0.1, 0.15) is 0 Å². The van der Waals surface area contributed by atoms with Gasteiger partial charge < -0.3 is 10.8 Å². The lowest BCUT2D eigenvalue weighted by molar-refractivity contribution is 0.267. The number of aliphatic hydroxyl groups excluding tert-OH is 1. The number of thioether (sulfide) groups is 1. The second kappa shape index (κ2) is 4.34. The third kappa shape index (κ3) is 1.80. The largest absolute Gasteiger partial charge is 0.394 e. The predicted octanol–water partition coefficient (Wildman–Crippen LogP) is 1.51. The smallest absolute Gasteiger partial charge is 0.0624 e. The lowest BCUT2D eigenvalue weighted by Crippen LogP contribution is -2.22. The Morgan fingerprint density at radius 3 is 2.71 bits per heavy atom. The van der Waals surface area contributed by atoms with Crippen molar-refractivity contribution in [2.24, 2.45) is 5.73 Å². The SMILES string of the molecule is NC(CO)c1ccccc1C1CSC1. The van der Waals surface area contributed by atoms with Crippen molar-refractivity contribution in [3.05, 3.63) is 35.4 Å². The third-order valence-corrected chi connectivity index (χ3v) is 3.95. The number of nitrogens with two attached hydrogens (primary N) is 1. The van der Waals surface area contributed by atoms with E-state index in [2.05, 4.69) is 6.07 Å². The first kappa shape index (κ1) is 10.0. The molecule has 0 amide bonds. The number of hydrogen-bond acceptors (Lipinski definition) is 3. The van der Waals surface area contributed by atoms with Gasteiger partial charge in [0.25, 0.3) is 0 Å². The summed E-state index contributed by atoms with van der Waals surface area (Å²) in [5.41, 5.74) is 8.29. The molecule has 1 aliphatic rings. The molecule has 0 bridgehead atoms. The molecular weight excluding hydrogens is 194 g/mol. The van der Waals surface area contributed by atoms with Gasteiger partial charge in [-0.05, 0) is 11.1 Å². The van der Waals surface area contributed by atoms with Crippen LogP contribution in [0.25, 0.3) is 0 Å². The monoisotopic (exact) mass is 209 g/mol. The number of hydrogen-bond donors (Lipinski definition) is 2. The first-order valence-electron chi connectivity index (χ1n) is 4.86. The van der Waals surface area contributed by atoms with Crippen LogP contribution in [-0.2, 0) is 0 Å². The van der Waals surface area contributed by atoms with Crippen LogP contribution in [0.2, 0.25) is 0 Å². The average Bonchev–Trinajstić information content (AvgIpc) is 2.15. The van der Waals surface area contributed by atoms with E-state index in [9.17, 15) is 0 Å². The molecule has 14 heavy (non-hydrogen) atoms. The van der Waals surface area contributed by atoms with E-state index in [1.807, 2.05) is 30.0 Å². The second-order valence-corrected chi connectivity index (χ2v) is 4.73. The summed E-state index contributed by atoms with van der Waals surface area (Å²) in [4.78, 5) is 0. The van der Waals surface area contributed by atoms with Crippen LogP contribution in [0.1, 0.15) is 23.1 Å². The molecule has 0 aliphatic carbocycles. The van der Waals surface area contributed by atoms with E-state index >= 15 is 0 Å². The fraction of sp³-hybridized carbons (Fsp3) is 0.455. The third-order valence-electron chi connectivity index (χ3n) is 2.67. The lowest BCUT2D eigenvalue weighted by Gasteiger charge is -2.28. The number of benzene rings is 1. The summed E-state index contributed by atoms with van der Waals surface area (Å²) in [5, 5.41) is 9.05. The summed E-state index contributed by atoms with van der Waals surface area (Å²) in [5.74, 6) is 3.03. The highest BCUT2D eigenvalue weighted by Gasteiger charge is 2.23. The first-order valence-corrected chi connectivity index (χ1v) is 6.01. The highest BCUT2D eigenvalue weighted by atomic mass is 32.2. The maximum atomic E-state index is 9.05. The molecule has 1 heterocycles. The van der Waals surface area contributed by atoms with Crippen LogP contribution in [0.3, 0.4) is 0 Å². The summed E-state index contributed by atoms with van der Waals surface area (Å²) in [6, 6.07) is 7.97. The zero-order chi connectivity index (χ0) is 9.97. The Morgan fingerprint density at radius 1 is 1.43 bits per heavy atom. The zero-order valence-corrected chi connectivity index (χ0v) is 8.83. The number of rotatable bonds is 3. The topological polar surface area (TPSA) is 46.2 Å². The molecule has 3 heteroatoms. The molecule has 0 radical (unpaired) electrons. The van der Waals surface area contributed by atoms with Crippen molar-refractivity contribution >= 4 is 11.8 Å². The number of aliphatic hydroxyl groups is 1. The second-order valence-electron chi connectivity index (χ2n) is 3.65. The van der Waals surface area contributed by atoms with E-state index in [0.717, 1.165) is 5.56 Å². The quantitative estimate of drug-likeness (QED) is 0.793. The van der Waals surface area contributed by atoms with Crippen LogP contribution in [0.4, 0.5) is 0 Å². The maximum Gasteiger partial charge on any atom is 0.0624 e. The van der Waals surface area contributed by atoms with Gasteiger partial charge >= 0.3 is 0 Å². The van der Waals surface area contributed by atoms with E-state index in [1.54, 1.807) is 0 Å². The van der Waals surface area contributed by atoms with Crippen molar-refractivity contribution in [2.75, 3.05) is 18.1 Å². The van der Waals surface area contributed by atoms with Gasteiger partial charge in [-0.1, -0.05) is 24.3 Å². The van der Waals surface area contributed by atoms with E-state index in [0.29, 0.717) is 5.92 Å². The van der Waals surface area contributed by atoms with Crippen LogP contribution >= 0.6 is 11.8 Å². The van der Waals surface area contributed by atoms with Crippen molar-refractivity contribution in [2.45, 2.75) is 12.0 Å².